The van der Waals surface area contributed by atoms with Crippen LogP contribution in [0.2, 0.25) is 0 Å². The average Bonchev–Trinajstić information content (AvgIpc) is 3.58. The number of carbonyl (C=O) groups excluding carboxylic acids is 1. The summed E-state index contributed by atoms with van der Waals surface area (Å²) in [6.45, 7) is 3.64. The number of carbonyl (C=O) groups is 1. The third-order valence-electron chi connectivity index (χ3n) is 8.49. The van der Waals surface area contributed by atoms with Crippen molar-refractivity contribution in [3.8, 4) is 0 Å². The van der Waals surface area contributed by atoms with Crippen molar-refractivity contribution in [2.45, 2.75) is 101 Å². The summed E-state index contributed by atoms with van der Waals surface area (Å²) in [5.41, 5.74) is 1.57. The minimum Gasteiger partial charge on any atom is -0.469 e. The van der Waals surface area contributed by atoms with Crippen molar-refractivity contribution < 1.29 is 33.2 Å². The Hall–Kier alpha value is -2.53. The first-order valence-corrected chi connectivity index (χ1v) is 17.5. The van der Waals surface area contributed by atoms with Gasteiger partial charge < -0.3 is 28.4 Å². The van der Waals surface area contributed by atoms with Gasteiger partial charge in [-0.05, 0) is 36.8 Å². The monoisotopic (exact) mass is 653 g/mol. The van der Waals surface area contributed by atoms with E-state index in [1.807, 2.05) is 48.5 Å². The standard InChI is InChI=1S/C37H51NO7S/c1-4-5-8-19-31(44-27-42-25-29-15-9-6-10-16-29)22-23-32-33(45-28-43-26-30-17-11-7-12-18-30)24-37(41-3)36(32)46-34(38-37)20-13-14-21-35(39)40-2/h6-7,9-12,15-18,22-23,31-33,36H,4-5,8,13-14,19-21,24-28H2,1-3H3/b23-22+/t31?,32-,33+,36+,37+/m0/s1. The van der Waals surface area contributed by atoms with Gasteiger partial charge in [0, 0.05) is 25.9 Å². The van der Waals surface area contributed by atoms with Crippen LogP contribution in [0.4, 0.5) is 0 Å². The molecule has 0 aromatic heterocycles. The molecule has 1 saturated carbocycles. The number of ether oxygens (including phenoxy) is 6. The molecule has 0 spiro atoms. The smallest absolute Gasteiger partial charge is 0.305 e. The van der Waals surface area contributed by atoms with Crippen molar-refractivity contribution in [3.05, 3.63) is 83.9 Å². The van der Waals surface area contributed by atoms with Gasteiger partial charge in [-0.2, -0.15) is 0 Å². The maximum atomic E-state index is 11.6. The molecule has 46 heavy (non-hydrogen) atoms. The number of esters is 1. The topological polar surface area (TPSA) is 84.8 Å². The van der Waals surface area contributed by atoms with Crippen LogP contribution in [-0.4, -0.2) is 62.0 Å². The average molecular weight is 654 g/mol. The Morgan fingerprint density at radius 3 is 2.30 bits per heavy atom. The van der Waals surface area contributed by atoms with E-state index in [1.165, 1.54) is 7.11 Å². The van der Waals surface area contributed by atoms with Gasteiger partial charge in [-0.1, -0.05) is 99.0 Å². The molecule has 0 N–H and O–H groups in total. The van der Waals surface area contributed by atoms with Gasteiger partial charge in [0.1, 0.15) is 13.6 Å². The van der Waals surface area contributed by atoms with Gasteiger partial charge in [-0.25, -0.2) is 4.99 Å². The molecule has 2 aliphatic rings. The van der Waals surface area contributed by atoms with Gasteiger partial charge in [0.25, 0.3) is 0 Å². The number of rotatable bonds is 22. The molecule has 1 unspecified atom stereocenters. The first kappa shape index (κ1) is 36.3. The lowest BCUT2D eigenvalue weighted by Crippen LogP contribution is -2.34. The van der Waals surface area contributed by atoms with Crippen LogP contribution in [0.25, 0.3) is 0 Å². The molecule has 1 heterocycles. The Morgan fingerprint density at radius 2 is 1.65 bits per heavy atom. The van der Waals surface area contributed by atoms with Crippen LogP contribution in [0, 0.1) is 5.92 Å². The molecule has 1 fully saturated rings. The van der Waals surface area contributed by atoms with E-state index in [2.05, 4.69) is 31.2 Å². The number of hydrogen-bond acceptors (Lipinski definition) is 9. The number of fused-ring (bicyclic) bond motifs is 1. The highest BCUT2D eigenvalue weighted by Gasteiger charge is 2.58. The maximum absolute atomic E-state index is 11.6. The summed E-state index contributed by atoms with van der Waals surface area (Å²) in [6.07, 6.45) is 12.1. The lowest BCUT2D eigenvalue weighted by Gasteiger charge is -2.25. The van der Waals surface area contributed by atoms with Crippen LogP contribution in [0.1, 0.15) is 75.8 Å². The molecule has 2 aromatic carbocycles. The largest absolute Gasteiger partial charge is 0.469 e. The third kappa shape index (κ3) is 11.3. The lowest BCUT2D eigenvalue weighted by atomic mass is 10.0. The zero-order valence-corrected chi connectivity index (χ0v) is 28.5. The third-order valence-corrected chi connectivity index (χ3v) is 9.99. The second kappa shape index (κ2) is 20.0. The minimum absolute atomic E-state index is 0.0455. The molecule has 5 atom stereocenters. The molecule has 252 valence electrons. The molecule has 0 saturated heterocycles. The summed E-state index contributed by atoms with van der Waals surface area (Å²) in [4.78, 5) is 16.7. The molecule has 0 bridgehead atoms. The first-order chi connectivity index (χ1) is 22.6. The van der Waals surface area contributed by atoms with E-state index >= 15 is 0 Å². The number of aliphatic imine (C=N–C) groups is 1. The Bertz CT molecular complexity index is 1210. The molecule has 8 nitrogen and oxygen atoms in total. The Morgan fingerprint density at radius 1 is 0.957 bits per heavy atom. The van der Waals surface area contributed by atoms with E-state index in [-0.39, 0.29) is 42.9 Å². The van der Waals surface area contributed by atoms with Crippen molar-refractivity contribution in [2.75, 3.05) is 27.8 Å². The Balaban J connectivity index is 1.41. The minimum atomic E-state index is -0.668. The molecule has 4 rings (SSSR count). The Kier molecular flexibility index (Phi) is 15.8. The highest BCUT2D eigenvalue weighted by molar-refractivity contribution is 8.14. The maximum Gasteiger partial charge on any atom is 0.305 e. The molecular weight excluding hydrogens is 602 g/mol. The van der Waals surface area contributed by atoms with Crippen molar-refractivity contribution >= 4 is 22.8 Å². The zero-order valence-electron chi connectivity index (χ0n) is 27.6. The van der Waals surface area contributed by atoms with Crippen LogP contribution < -0.4 is 0 Å². The molecular formula is C37H51NO7S. The fraction of sp³-hybridized carbons (Fsp3) is 0.568. The normalized spacial score (nSPS) is 23.0. The quantitative estimate of drug-likeness (QED) is 0.0550. The predicted octanol–water partition coefficient (Wildman–Crippen LogP) is 7.85. The molecule has 9 heteroatoms. The predicted molar refractivity (Wildman–Crippen MR) is 182 cm³/mol. The number of unbranched alkanes of at least 4 members (excludes halogenated alkanes) is 3. The fourth-order valence-corrected chi connectivity index (χ4v) is 7.54. The molecule has 0 radical (unpaired) electrons. The van der Waals surface area contributed by atoms with Gasteiger partial charge >= 0.3 is 5.97 Å². The van der Waals surface area contributed by atoms with Crippen LogP contribution in [0.15, 0.2) is 77.8 Å². The van der Waals surface area contributed by atoms with Gasteiger partial charge in [0.2, 0.25) is 0 Å². The number of nitrogens with zero attached hydrogens (tertiary/aromatic N) is 1. The van der Waals surface area contributed by atoms with Crippen molar-refractivity contribution in [1.29, 1.82) is 0 Å². The number of hydrogen-bond donors (Lipinski definition) is 0. The highest BCUT2D eigenvalue weighted by Crippen LogP contribution is 2.52. The van der Waals surface area contributed by atoms with E-state index < -0.39 is 5.72 Å². The van der Waals surface area contributed by atoms with Gasteiger partial charge in [0.05, 0.1) is 42.8 Å². The van der Waals surface area contributed by atoms with Crippen LogP contribution in [0.3, 0.4) is 0 Å². The van der Waals surface area contributed by atoms with E-state index in [0.29, 0.717) is 26.1 Å². The summed E-state index contributed by atoms with van der Waals surface area (Å²) >= 11 is 1.78. The molecule has 2 aromatic rings. The van der Waals surface area contributed by atoms with Crippen molar-refractivity contribution in [2.24, 2.45) is 10.9 Å². The molecule has 0 amide bonds. The summed E-state index contributed by atoms with van der Waals surface area (Å²) < 4.78 is 35.4. The zero-order chi connectivity index (χ0) is 32.5. The number of methoxy groups -OCH3 is 2. The van der Waals surface area contributed by atoms with E-state index in [4.69, 9.17) is 33.4 Å². The number of benzene rings is 2. The summed E-state index contributed by atoms with van der Waals surface area (Å²) in [7, 11) is 3.17. The summed E-state index contributed by atoms with van der Waals surface area (Å²) in [5.74, 6) is -0.129. The SMILES string of the molecule is CCCCCC(/C=C/[C@@H]1[C@H]2SC(CCCCC(=O)OC)=N[C@@]2(OC)C[C@H]1OCOCc1ccccc1)OCOCc1ccccc1. The first-order valence-electron chi connectivity index (χ1n) is 16.6. The summed E-state index contributed by atoms with van der Waals surface area (Å²) in [5, 5.41) is 1.13. The van der Waals surface area contributed by atoms with Gasteiger partial charge in [-0.15, -0.1) is 11.8 Å². The molecule has 1 aliphatic carbocycles. The van der Waals surface area contributed by atoms with Crippen LogP contribution in [0.5, 0.6) is 0 Å². The van der Waals surface area contributed by atoms with Crippen molar-refractivity contribution in [1.82, 2.24) is 0 Å². The van der Waals surface area contributed by atoms with Gasteiger partial charge in [-0.3, -0.25) is 4.79 Å². The summed E-state index contributed by atoms with van der Waals surface area (Å²) in [6, 6.07) is 20.3. The lowest BCUT2D eigenvalue weighted by molar-refractivity contribution is -0.140. The Labute approximate surface area is 279 Å². The van der Waals surface area contributed by atoms with Crippen LogP contribution in [-0.2, 0) is 46.4 Å². The second-order valence-corrected chi connectivity index (χ2v) is 13.1. The van der Waals surface area contributed by atoms with E-state index in [9.17, 15) is 4.79 Å². The van der Waals surface area contributed by atoms with E-state index in [1.54, 1.807) is 18.9 Å². The highest BCUT2D eigenvalue weighted by atomic mass is 32.2. The fourth-order valence-electron chi connectivity index (χ4n) is 5.92. The van der Waals surface area contributed by atoms with Crippen LogP contribution >= 0.6 is 11.8 Å². The van der Waals surface area contributed by atoms with E-state index in [0.717, 1.165) is 61.1 Å². The van der Waals surface area contributed by atoms with Crippen molar-refractivity contribution in [3.63, 3.8) is 0 Å². The second-order valence-electron chi connectivity index (χ2n) is 11.9. The van der Waals surface area contributed by atoms with Gasteiger partial charge in [0.15, 0.2) is 5.72 Å². The number of thioether (sulfide) groups is 1. The molecule has 1 aliphatic heterocycles.